The highest BCUT2D eigenvalue weighted by Gasteiger charge is 2.31. The van der Waals surface area contributed by atoms with E-state index in [1.807, 2.05) is 72.8 Å². The van der Waals surface area contributed by atoms with E-state index in [0.717, 1.165) is 32.8 Å². The van der Waals surface area contributed by atoms with Crippen LogP contribution < -0.4 is 15.5 Å². The van der Waals surface area contributed by atoms with Crippen LogP contribution in [0.2, 0.25) is 0 Å². The molecule has 8 heteroatoms. The summed E-state index contributed by atoms with van der Waals surface area (Å²) in [5, 5.41) is 5.61. The van der Waals surface area contributed by atoms with E-state index in [9.17, 15) is 14.4 Å². The number of amides is 3. The van der Waals surface area contributed by atoms with Gasteiger partial charge in [-0.3, -0.25) is 9.59 Å². The molecule has 3 aromatic carbocycles. The van der Waals surface area contributed by atoms with Gasteiger partial charge in [0.2, 0.25) is 5.91 Å². The van der Waals surface area contributed by atoms with Gasteiger partial charge in [0, 0.05) is 23.6 Å². The molecule has 36 heavy (non-hydrogen) atoms. The van der Waals surface area contributed by atoms with Crippen molar-refractivity contribution in [2.75, 3.05) is 17.8 Å². The van der Waals surface area contributed by atoms with Gasteiger partial charge in [-0.25, -0.2) is 4.79 Å². The van der Waals surface area contributed by atoms with E-state index in [-0.39, 0.29) is 11.8 Å². The lowest BCUT2D eigenvalue weighted by Crippen LogP contribution is -2.49. The quantitative estimate of drug-likeness (QED) is 0.486. The number of carbonyl (C=O) groups is 3. The maximum atomic E-state index is 13.5. The average Bonchev–Trinajstić information content (AvgIpc) is 3.04. The van der Waals surface area contributed by atoms with Gasteiger partial charge in [-0.1, -0.05) is 67.6 Å². The summed E-state index contributed by atoms with van der Waals surface area (Å²) in [6, 6.07) is 23.2. The molecule has 0 bridgehead atoms. The SMILES string of the molecule is CCC(=O)N[C@@H]1CSc2ccccc2N(Cc2ccc(-c3ccccc3CNC(=O)OC)cc2)C1=O. The molecule has 0 saturated carbocycles. The van der Waals surface area contributed by atoms with E-state index in [1.54, 1.807) is 23.6 Å². The summed E-state index contributed by atoms with van der Waals surface area (Å²) in [5.41, 5.74) is 4.81. The van der Waals surface area contributed by atoms with Crippen LogP contribution in [-0.2, 0) is 27.4 Å². The zero-order chi connectivity index (χ0) is 25.5. The highest BCUT2D eigenvalue weighted by atomic mass is 32.2. The normalized spacial score (nSPS) is 15.0. The van der Waals surface area contributed by atoms with E-state index < -0.39 is 12.1 Å². The molecular weight excluding hydrogens is 474 g/mol. The molecular formula is C28H29N3O4S. The van der Waals surface area contributed by atoms with Crippen molar-refractivity contribution in [3.8, 4) is 11.1 Å². The second kappa shape index (κ2) is 11.8. The van der Waals surface area contributed by atoms with Crippen molar-refractivity contribution < 1.29 is 19.1 Å². The maximum absolute atomic E-state index is 13.5. The van der Waals surface area contributed by atoms with Crippen LogP contribution in [0.5, 0.6) is 0 Å². The van der Waals surface area contributed by atoms with E-state index >= 15 is 0 Å². The Hall–Kier alpha value is -3.78. The van der Waals surface area contributed by atoms with Crippen LogP contribution in [-0.4, -0.2) is 36.8 Å². The van der Waals surface area contributed by atoms with Gasteiger partial charge in [0.25, 0.3) is 5.91 Å². The molecule has 1 heterocycles. The first-order valence-corrected chi connectivity index (χ1v) is 12.8. The van der Waals surface area contributed by atoms with Crippen LogP contribution in [0.1, 0.15) is 24.5 Å². The smallest absolute Gasteiger partial charge is 0.407 e. The van der Waals surface area contributed by atoms with Gasteiger partial charge in [0.15, 0.2) is 0 Å². The van der Waals surface area contributed by atoms with Gasteiger partial charge in [-0.15, -0.1) is 11.8 Å². The highest BCUT2D eigenvalue weighted by molar-refractivity contribution is 7.99. The number of hydrogen-bond acceptors (Lipinski definition) is 5. The molecule has 2 N–H and O–H groups in total. The predicted octanol–water partition coefficient (Wildman–Crippen LogP) is 4.74. The Morgan fingerprint density at radius 1 is 1.03 bits per heavy atom. The molecule has 4 rings (SSSR count). The predicted molar refractivity (Wildman–Crippen MR) is 142 cm³/mol. The third-order valence-corrected chi connectivity index (χ3v) is 7.17. The molecule has 0 radical (unpaired) electrons. The Morgan fingerprint density at radius 3 is 2.50 bits per heavy atom. The first kappa shape index (κ1) is 25.3. The number of benzene rings is 3. The van der Waals surface area contributed by atoms with Crippen LogP contribution in [0.15, 0.2) is 77.7 Å². The highest BCUT2D eigenvalue weighted by Crippen LogP contribution is 2.35. The summed E-state index contributed by atoms with van der Waals surface area (Å²) in [5.74, 6) is 0.245. The van der Waals surface area contributed by atoms with Crippen LogP contribution in [0, 0.1) is 0 Å². The number of nitrogens with zero attached hydrogens (tertiary/aromatic N) is 1. The van der Waals surface area contributed by atoms with Gasteiger partial charge < -0.3 is 20.3 Å². The second-order valence-corrected chi connectivity index (χ2v) is 9.44. The first-order valence-electron chi connectivity index (χ1n) is 11.8. The summed E-state index contributed by atoms with van der Waals surface area (Å²) in [6.45, 7) is 2.52. The van der Waals surface area contributed by atoms with Gasteiger partial charge in [-0.05, 0) is 34.4 Å². The number of anilines is 1. The van der Waals surface area contributed by atoms with Crippen molar-refractivity contribution in [1.29, 1.82) is 0 Å². The van der Waals surface area contributed by atoms with E-state index in [4.69, 9.17) is 0 Å². The fourth-order valence-corrected chi connectivity index (χ4v) is 5.16. The Labute approximate surface area is 215 Å². The van der Waals surface area contributed by atoms with Crippen molar-refractivity contribution in [1.82, 2.24) is 10.6 Å². The summed E-state index contributed by atoms with van der Waals surface area (Å²) in [4.78, 5) is 39.9. The third kappa shape index (κ3) is 5.88. The molecule has 0 spiro atoms. The summed E-state index contributed by atoms with van der Waals surface area (Å²) in [7, 11) is 1.34. The van der Waals surface area contributed by atoms with Crippen molar-refractivity contribution >= 4 is 35.4 Å². The fraction of sp³-hybridized carbons (Fsp3) is 0.250. The summed E-state index contributed by atoms with van der Waals surface area (Å²) >= 11 is 1.58. The number of alkyl carbamates (subject to hydrolysis) is 1. The molecule has 186 valence electrons. The van der Waals surface area contributed by atoms with Crippen molar-refractivity contribution in [2.45, 2.75) is 37.4 Å². The lowest BCUT2D eigenvalue weighted by molar-refractivity contribution is -0.127. The van der Waals surface area contributed by atoms with Crippen LogP contribution in [0.4, 0.5) is 10.5 Å². The van der Waals surface area contributed by atoms with Gasteiger partial charge in [-0.2, -0.15) is 0 Å². The number of fused-ring (bicyclic) bond motifs is 1. The molecule has 1 aliphatic rings. The van der Waals surface area contributed by atoms with Crippen molar-refractivity contribution in [2.24, 2.45) is 0 Å². The van der Waals surface area contributed by atoms with Gasteiger partial charge >= 0.3 is 6.09 Å². The summed E-state index contributed by atoms with van der Waals surface area (Å²) < 4.78 is 4.68. The maximum Gasteiger partial charge on any atom is 0.407 e. The topological polar surface area (TPSA) is 87.7 Å². The number of thioether (sulfide) groups is 1. The number of carbonyl (C=O) groups excluding carboxylic acids is 3. The molecule has 0 unspecified atom stereocenters. The van der Waals surface area contributed by atoms with Crippen LogP contribution >= 0.6 is 11.8 Å². The zero-order valence-electron chi connectivity index (χ0n) is 20.3. The number of ether oxygens (including phenoxy) is 1. The summed E-state index contributed by atoms with van der Waals surface area (Å²) in [6.07, 6.45) is -0.145. The van der Waals surface area contributed by atoms with Crippen LogP contribution in [0.3, 0.4) is 0 Å². The molecule has 0 saturated heterocycles. The fourth-order valence-electron chi connectivity index (χ4n) is 4.08. The average molecular weight is 504 g/mol. The monoisotopic (exact) mass is 503 g/mol. The molecule has 0 aromatic heterocycles. The van der Waals surface area contributed by atoms with E-state index in [1.165, 1.54) is 7.11 Å². The first-order chi connectivity index (χ1) is 17.5. The lowest BCUT2D eigenvalue weighted by atomic mass is 9.98. The molecule has 1 aliphatic heterocycles. The van der Waals surface area contributed by atoms with Crippen molar-refractivity contribution in [3.05, 3.63) is 83.9 Å². The van der Waals surface area contributed by atoms with E-state index in [0.29, 0.717) is 25.3 Å². The standard InChI is InChI=1S/C28H29N3O4S/c1-3-26(32)30-23-18-36-25-11-7-6-10-24(25)31(27(23)33)17-19-12-14-20(15-13-19)22-9-5-4-8-21(22)16-29-28(34)35-2/h4-15,23H,3,16-18H2,1-2H3,(H,29,34)(H,30,32)/t23-/m1/s1. The minimum Gasteiger partial charge on any atom is -0.453 e. The number of para-hydroxylation sites is 1. The molecule has 1 atom stereocenters. The number of nitrogens with one attached hydrogen (secondary N) is 2. The number of hydrogen-bond donors (Lipinski definition) is 2. The Morgan fingerprint density at radius 2 is 1.75 bits per heavy atom. The van der Waals surface area contributed by atoms with E-state index in [2.05, 4.69) is 15.4 Å². The number of methoxy groups -OCH3 is 1. The van der Waals surface area contributed by atoms with Crippen LogP contribution in [0.25, 0.3) is 11.1 Å². The molecule has 3 amide bonds. The molecule has 0 fully saturated rings. The minimum absolute atomic E-state index is 0.113. The molecule has 3 aromatic rings. The lowest BCUT2D eigenvalue weighted by Gasteiger charge is -2.26. The Balaban J connectivity index is 1.57. The molecule has 0 aliphatic carbocycles. The van der Waals surface area contributed by atoms with Gasteiger partial charge in [0.1, 0.15) is 6.04 Å². The Bertz CT molecular complexity index is 1250. The van der Waals surface area contributed by atoms with Gasteiger partial charge in [0.05, 0.1) is 19.3 Å². The number of rotatable bonds is 7. The largest absolute Gasteiger partial charge is 0.453 e. The second-order valence-electron chi connectivity index (χ2n) is 8.38. The third-order valence-electron chi connectivity index (χ3n) is 6.01. The van der Waals surface area contributed by atoms with Crippen molar-refractivity contribution in [3.63, 3.8) is 0 Å². The zero-order valence-corrected chi connectivity index (χ0v) is 21.1. The molecule has 7 nitrogen and oxygen atoms in total. The minimum atomic E-state index is -0.580. The Kier molecular flexibility index (Phi) is 8.28.